The zero-order valence-corrected chi connectivity index (χ0v) is 12.6. The number of halogens is 1. The van der Waals surface area contributed by atoms with E-state index in [9.17, 15) is 4.79 Å². The summed E-state index contributed by atoms with van der Waals surface area (Å²) in [4.78, 5) is 11.9. The van der Waals surface area contributed by atoms with Gasteiger partial charge in [0.05, 0.1) is 24.6 Å². The summed E-state index contributed by atoms with van der Waals surface area (Å²) in [7, 11) is 0. The minimum absolute atomic E-state index is 0.157. The molecule has 20 heavy (non-hydrogen) atoms. The fourth-order valence-electron chi connectivity index (χ4n) is 1.68. The smallest absolute Gasteiger partial charge is 0.284 e. The summed E-state index contributed by atoms with van der Waals surface area (Å²) in [5.41, 5.74) is 1.51. The second-order valence-corrected chi connectivity index (χ2v) is 5.04. The zero-order chi connectivity index (χ0) is 14.5. The van der Waals surface area contributed by atoms with Gasteiger partial charge in [0.15, 0.2) is 0 Å². The van der Waals surface area contributed by atoms with E-state index < -0.39 is 0 Å². The third-order valence-electron chi connectivity index (χ3n) is 2.64. The molecular formula is C13H14BrN5O. The van der Waals surface area contributed by atoms with Crippen molar-refractivity contribution in [2.24, 2.45) is 0 Å². The molecule has 0 amide bonds. The van der Waals surface area contributed by atoms with Crippen molar-refractivity contribution in [3.05, 3.63) is 39.0 Å². The van der Waals surface area contributed by atoms with Crippen LogP contribution in [0.1, 0.15) is 5.56 Å². The predicted octanol–water partition coefficient (Wildman–Crippen LogP) is 1.26. The summed E-state index contributed by atoms with van der Waals surface area (Å²) in [6.45, 7) is 3.49. The maximum absolute atomic E-state index is 11.9. The van der Waals surface area contributed by atoms with Crippen LogP contribution in [-0.4, -0.2) is 26.1 Å². The van der Waals surface area contributed by atoms with Gasteiger partial charge in [-0.15, -0.1) is 6.42 Å². The number of aryl methyl sites for hydroxylation is 1. The highest BCUT2D eigenvalue weighted by Gasteiger charge is 2.07. The van der Waals surface area contributed by atoms with E-state index in [0.29, 0.717) is 23.2 Å². The topological polar surface area (TPSA) is 64.7 Å². The number of nitrogens with zero attached hydrogens (tertiary/aromatic N) is 4. The molecule has 0 saturated heterocycles. The maximum atomic E-state index is 11.9. The second-order valence-electron chi connectivity index (χ2n) is 4.25. The lowest BCUT2D eigenvalue weighted by atomic mass is 10.4. The van der Waals surface area contributed by atoms with E-state index in [-0.39, 0.29) is 12.1 Å². The van der Waals surface area contributed by atoms with Crippen LogP contribution in [0.3, 0.4) is 0 Å². The average molecular weight is 336 g/mol. The molecule has 0 aliphatic carbocycles. The number of terminal acetylenes is 1. The highest BCUT2D eigenvalue weighted by Crippen LogP contribution is 2.15. The van der Waals surface area contributed by atoms with Gasteiger partial charge in [0.1, 0.15) is 11.0 Å². The van der Waals surface area contributed by atoms with Crippen LogP contribution in [0, 0.1) is 19.3 Å². The number of rotatable bonds is 5. The average Bonchev–Trinajstić information content (AvgIpc) is 2.84. The van der Waals surface area contributed by atoms with Crippen molar-refractivity contribution in [2.75, 3.05) is 11.9 Å². The molecule has 0 unspecified atom stereocenters. The first-order valence-corrected chi connectivity index (χ1v) is 6.83. The summed E-state index contributed by atoms with van der Waals surface area (Å²) in [6.07, 6.45) is 10.5. The van der Waals surface area contributed by atoms with Crippen molar-refractivity contribution in [1.82, 2.24) is 19.6 Å². The lowest BCUT2D eigenvalue weighted by molar-refractivity contribution is 0.633. The summed E-state index contributed by atoms with van der Waals surface area (Å²) < 4.78 is 3.49. The van der Waals surface area contributed by atoms with E-state index >= 15 is 0 Å². The molecule has 7 heteroatoms. The van der Waals surface area contributed by atoms with Crippen LogP contribution >= 0.6 is 15.9 Å². The molecule has 0 aliphatic rings. The van der Waals surface area contributed by atoms with E-state index in [1.807, 2.05) is 17.8 Å². The molecule has 2 heterocycles. The minimum atomic E-state index is -0.247. The molecule has 0 saturated carbocycles. The normalized spacial score (nSPS) is 10.2. The second kappa shape index (κ2) is 6.39. The molecular weight excluding hydrogens is 322 g/mol. The first kappa shape index (κ1) is 14.3. The van der Waals surface area contributed by atoms with Crippen molar-refractivity contribution in [1.29, 1.82) is 0 Å². The highest BCUT2D eigenvalue weighted by molar-refractivity contribution is 9.10. The van der Waals surface area contributed by atoms with Gasteiger partial charge in [0, 0.05) is 12.7 Å². The first-order valence-electron chi connectivity index (χ1n) is 6.04. The summed E-state index contributed by atoms with van der Waals surface area (Å²) >= 11 is 3.26. The molecule has 1 N–H and O–H groups in total. The van der Waals surface area contributed by atoms with E-state index in [1.165, 1.54) is 4.68 Å². The van der Waals surface area contributed by atoms with Crippen molar-refractivity contribution < 1.29 is 0 Å². The van der Waals surface area contributed by atoms with Crippen LogP contribution in [0.5, 0.6) is 0 Å². The van der Waals surface area contributed by atoms with Crippen molar-refractivity contribution in [3.63, 3.8) is 0 Å². The van der Waals surface area contributed by atoms with Crippen LogP contribution in [0.15, 0.2) is 27.9 Å². The fourth-order valence-corrected chi connectivity index (χ4v) is 2.13. The molecule has 0 bridgehead atoms. The Labute approximate surface area is 124 Å². The van der Waals surface area contributed by atoms with E-state index in [1.54, 1.807) is 12.4 Å². The van der Waals surface area contributed by atoms with Crippen LogP contribution < -0.4 is 10.9 Å². The SMILES string of the molecule is C#CCn1ncc(NCCn2cc(C)cn2)c(Br)c1=O. The quantitative estimate of drug-likeness (QED) is 0.835. The number of anilines is 1. The molecule has 0 atom stereocenters. The predicted molar refractivity (Wildman–Crippen MR) is 80.5 cm³/mol. The Morgan fingerprint density at radius 3 is 2.90 bits per heavy atom. The molecule has 0 radical (unpaired) electrons. The van der Waals surface area contributed by atoms with Gasteiger partial charge in [-0.3, -0.25) is 9.48 Å². The van der Waals surface area contributed by atoms with Gasteiger partial charge in [-0.05, 0) is 28.4 Å². The van der Waals surface area contributed by atoms with Gasteiger partial charge in [-0.1, -0.05) is 5.92 Å². The van der Waals surface area contributed by atoms with Crippen LogP contribution in [-0.2, 0) is 13.1 Å². The third kappa shape index (κ3) is 3.27. The van der Waals surface area contributed by atoms with Gasteiger partial charge in [-0.25, -0.2) is 4.68 Å². The van der Waals surface area contributed by atoms with Crippen molar-refractivity contribution >= 4 is 21.6 Å². The lowest BCUT2D eigenvalue weighted by Gasteiger charge is -2.09. The fraction of sp³-hybridized carbons (Fsp3) is 0.308. The lowest BCUT2D eigenvalue weighted by Crippen LogP contribution is -2.24. The molecule has 0 aliphatic heterocycles. The summed E-state index contributed by atoms with van der Waals surface area (Å²) in [5, 5.41) is 11.3. The number of aromatic nitrogens is 4. The standard InChI is InChI=1S/C13H14BrN5O/c1-3-5-19-13(20)12(14)11(8-17-19)15-4-6-18-9-10(2)7-16-18/h1,7-9,15H,4-6H2,2H3. The number of hydrogen-bond acceptors (Lipinski definition) is 4. The van der Waals surface area contributed by atoms with Crippen LogP contribution in [0.25, 0.3) is 0 Å². The zero-order valence-electron chi connectivity index (χ0n) is 11.0. The Morgan fingerprint density at radius 2 is 2.25 bits per heavy atom. The van der Waals surface area contributed by atoms with Gasteiger partial charge in [0.25, 0.3) is 5.56 Å². The molecule has 0 spiro atoms. The number of hydrogen-bond donors (Lipinski definition) is 1. The van der Waals surface area contributed by atoms with Gasteiger partial charge in [-0.2, -0.15) is 10.2 Å². The Balaban J connectivity index is 2.02. The first-order chi connectivity index (χ1) is 9.61. The van der Waals surface area contributed by atoms with Crippen molar-refractivity contribution in [3.8, 4) is 12.3 Å². The highest BCUT2D eigenvalue weighted by atomic mass is 79.9. The molecule has 2 rings (SSSR count). The molecule has 2 aromatic rings. The van der Waals surface area contributed by atoms with Gasteiger partial charge >= 0.3 is 0 Å². The maximum Gasteiger partial charge on any atom is 0.284 e. The Bertz CT molecular complexity index is 698. The summed E-state index contributed by atoms with van der Waals surface area (Å²) in [5.74, 6) is 2.39. The third-order valence-corrected chi connectivity index (χ3v) is 3.41. The van der Waals surface area contributed by atoms with Crippen LogP contribution in [0.2, 0.25) is 0 Å². The molecule has 104 valence electrons. The monoisotopic (exact) mass is 335 g/mol. The van der Waals surface area contributed by atoms with E-state index in [4.69, 9.17) is 6.42 Å². The molecule has 0 fully saturated rings. The Morgan fingerprint density at radius 1 is 1.45 bits per heavy atom. The van der Waals surface area contributed by atoms with Crippen molar-refractivity contribution in [2.45, 2.75) is 20.0 Å². The van der Waals surface area contributed by atoms with Crippen LogP contribution in [0.4, 0.5) is 5.69 Å². The largest absolute Gasteiger partial charge is 0.381 e. The summed E-state index contributed by atoms with van der Waals surface area (Å²) in [6, 6.07) is 0. The van der Waals surface area contributed by atoms with Gasteiger partial charge < -0.3 is 5.32 Å². The molecule has 2 aromatic heterocycles. The number of nitrogens with one attached hydrogen (secondary N) is 1. The molecule has 6 nitrogen and oxygen atoms in total. The molecule has 0 aromatic carbocycles. The Kier molecular flexibility index (Phi) is 4.58. The van der Waals surface area contributed by atoms with E-state index in [0.717, 1.165) is 5.56 Å². The minimum Gasteiger partial charge on any atom is -0.381 e. The van der Waals surface area contributed by atoms with Gasteiger partial charge in [0.2, 0.25) is 0 Å². The Hall–Kier alpha value is -2.07. The van der Waals surface area contributed by atoms with E-state index in [2.05, 4.69) is 37.4 Å².